The maximum absolute atomic E-state index is 3.81. The summed E-state index contributed by atoms with van der Waals surface area (Å²) in [7, 11) is 0. The third-order valence-electron chi connectivity index (χ3n) is 3.69. The van der Waals surface area contributed by atoms with Crippen molar-refractivity contribution in [3.63, 3.8) is 0 Å². The molecule has 3 aromatic carbocycles. The molecule has 3 aromatic rings. The second kappa shape index (κ2) is 6.77. The van der Waals surface area contributed by atoms with Crippen LogP contribution in [-0.4, -0.2) is 0 Å². The average molecular weight is 285 g/mol. The summed E-state index contributed by atoms with van der Waals surface area (Å²) in [6.07, 6.45) is 1.87. The second-order valence-corrected chi connectivity index (χ2v) is 5.20. The lowest BCUT2D eigenvalue weighted by atomic mass is 10.1. The van der Waals surface area contributed by atoms with Gasteiger partial charge in [0.15, 0.2) is 0 Å². The van der Waals surface area contributed by atoms with Gasteiger partial charge in [0, 0.05) is 17.9 Å². The predicted octanol–water partition coefficient (Wildman–Crippen LogP) is 5.67. The molecule has 22 heavy (non-hydrogen) atoms. The number of hydrogen-bond donors (Lipinski definition) is 0. The Morgan fingerprint density at radius 1 is 0.682 bits per heavy atom. The minimum atomic E-state index is 0.839. The Morgan fingerprint density at radius 2 is 1.18 bits per heavy atom. The van der Waals surface area contributed by atoms with Crippen molar-refractivity contribution < 1.29 is 0 Å². The van der Waals surface area contributed by atoms with Crippen LogP contribution in [0.3, 0.4) is 0 Å². The van der Waals surface area contributed by atoms with E-state index >= 15 is 0 Å². The molecule has 108 valence electrons. The Morgan fingerprint density at radius 3 is 1.64 bits per heavy atom. The highest BCUT2D eigenvalue weighted by molar-refractivity contribution is 5.63. The SMILES string of the molecule is C=Cc1ccc(CN(c2ccccc2)c2ccccc2)cc1. The maximum atomic E-state index is 3.81. The largest absolute Gasteiger partial charge is 0.337 e. The first-order chi connectivity index (χ1) is 10.9. The monoisotopic (exact) mass is 285 g/mol. The molecule has 0 heterocycles. The molecule has 0 N–H and O–H groups in total. The van der Waals surface area contributed by atoms with Crippen molar-refractivity contribution in [2.45, 2.75) is 6.54 Å². The zero-order chi connectivity index (χ0) is 15.2. The zero-order valence-electron chi connectivity index (χ0n) is 12.5. The van der Waals surface area contributed by atoms with Crippen molar-refractivity contribution in [2.24, 2.45) is 0 Å². The van der Waals surface area contributed by atoms with E-state index in [1.54, 1.807) is 0 Å². The summed E-state index contributed by atoms with van der Waals surface area (Å²) < 4.78 is 0. The highest BCUT2D eigenvalue weighted by Gasteiger charge is 2.09. The molecule has 0 aliphatic heterocycles. The minimum Gasteiger partial charge on any atom is -0.337 e. The Labute approximate surface area is 132 Å². The van der Waals surface area contributed by atoms with Crippen LogP contribution in [0.2, 0.25) is 0 Å². The Hall–Kier alpha value is -2.80. The van der Waals surface area contributed by atoms with Crippen LogP contribution in [-0.2, 0) is 6.54 Å². The molecule has 0 aromatic heterocycles. The normalized spacial score (nSPS) is 10.2. The van der Waals surface area contributed by atoms with E-state index in [2.05, 4.69) is 84.3 Å². The Bertz CT molecular complexity index is 675. The van der Waals surface area contributed by atoms with Crippen molar-refractivity contribution in [1.82, 2.24) is 0 Å². The van der Waals surface area contributed by atoms with Crippen LogP contribution < -0.4 is 4.90 Å². The molecule has 0 fully saturated rings. The van der Waals surface area contributed by atoms with Crippen molar-refractivity contribution in [3.05, 3.63) is 103 Å². The van der Waals surface area contributed by atoms with E-state index in [0.29, 0.717) is 0 Å². The van der Waals surface area contributed by atoms with E-state index in [1.165, 1.54) is 16.9 Å². The average Bonchev–Trinajstić information content (AvgIpc) is 2.62. The summed E-state index contributed by atoms with van der Waals surface area (Å²) in [5, 5.41) is 0. The predicted molar refractivity (Wildman–Crippen MR) is 95.3 cm³/mol. The first-order valence-electron chi connectivity index (χ1n) is 7.46. The molecule has 1 nitrogen and oxygen atoms in total. The first-order valence-corrected chi connectivity index (χ1v) is 7.46. The molecular weight excluding hydrogens is 266 g/mol. The van der Waals surface area contributed by atoms with Gasteiger partial charge in [-0.3, -0.25) is 0 Å². The molecule has 0 saturated carbocycles. The number of hydrogen-bond acceptors (Lipinski definition) is 1. The van der Waals surface area contributed by atoms with E-state index in [1.807, 2.05) is 18.2 Å². The minimum absolute atomic E-state index is 0.839. The van der Waals surface area contributed by atoms with Crippen LogP contribution in [0, 0.1) is 0 Å². The standard InChI is InChI=1S/C21H19N/c1-2-18-13-15-19(16-14-18)17-22(20-9-5-3-6-10-20)21-11-7-4-8-12-21/h2-16H,1,17H2. The van der Waals surface area contributed by atoms with Crippen molar-refractivity contribution in [3.8, 4) is 0 Å². The lowest BCUT2D eigenvalue weighted by Gasteiger charge is -2.25. The summed E-state index contributed by atoms with van der Waals surface area (Å²) in [6.45, 7) is 4.65. The lowest BCUT2D eigenvalue weighted by molar-refractivity contribution is 0.975. The van der Waals surface area contributed by atoms with Crippen LogP contribution >= 0.6 is 0 Å². The van der Waals surface area contributed by atoms with Crippen LogP contribution in [0.5, 0.6) is 0 Å². The van der Waals surface area contributed by atoms with Gasteiger partial charge in [-0.1, -0.05) is 73.3 Å². The van der Waals surface area contributed by atoms with Crippen LogP contribution in [0.15, 0.2) is 91.5 Å². The molecule has 0 spiro atoms. The van der Waals surface area contributed by atoms with Gasteiger partial charge in [0.05, 0.1) is 0 Å². The lowest BCUT2D eigenvalue weighted by Crippen LogP contribution is -2.16. The van der Waals surface area contributed by atoms with Gasteiger partial charge in [-0.25, -0.2) is 0 Å². The summed E-state index contributed by atoms with van der Waals surface area (Å²) in [6, 6.07) is 29.5. The highest BCUT2D eigenvalue weighted by Crippen LogP contribution is 2.27. The summed E-state index contributed by atoms with van der Waals surface area (Å²) in [4.78, 5) is 2.32. The van der Waals surface area contributed by atoms with Crippen LogP contribution in [0.4, 0.5) is 11.4 Å². The number of para-hydroxylation sites is 2. The first kappa shape index (κ1) is 14.2. The Balaban J connectivity index is 1.93. The summed E-state index contributed by atoms with van der Waals surface area (Å²) in [5.41, 5.74) is 4.82. The van der Waals surface area contributed by atoms with E-state index in [0.717, 1.165) is 12.1 Å². The molecule has 0 aliphatic carbocycles. The van der Waals surface area contributed by atoms with Crippen LogP contribution in [0.25, 0.3) is 6.08 Å². The van der Waals surface area contributed by atoms with Gasteiger partial charge in [0.1, 0.15) is 0 Å². The van der Waals surface area contributed by atoms with Gasteiger partial charge in [-0.05, 0) is 35.4 Å². The van der Waals surface area contributed by atoms with Gasteiger partial charge < -0.3 is 4.90 Å². The fourth-order valence-corrected chi connectivity index (χ4v) is 2.49. The quantitative estimate of drug-likeness (QED) is 0.584. The number of benzene rings is 3. The fraction of sp³-hybridized carbons (Fsp3) is 0.0476. The van der Waals surface area contributed by atoms with Gasteiger partial charge in [0.2, 0.25) is 0 Å². The zero-order valence-corrected chi connectivity index (χ0v) is 12.5. The van der Waals surface area contributed by atoms with Gasteiger partial charge in [0.25, 0.3) is 0 Å². The molecule has 0 saturated heterocycles. The highest BCUT2D eigenvalue weighted by atomic mass is 15.1. The summed E-state index contributed by atoms with van der Waals surface area (Å²) in [5.74, 6) is 0. The third kappa shape index (κ3) is 3.26. The number of rotatable bonds is 5. The smallest absolute Gasteiger partial charge is 0.0481 e. The van der Waals surface area contributed by atoms with Crippen molar-refractivity contribution >= 4 is 17.5 Å². The molecule has 3 rings (SSSR count). The molecule has 0 radical (unpaired) electrons. The van der Waals surface area contributed by atoms with Crippen molar-refractivity contribution in [1.29, 1.82) is 0 Å². The number of anilines is 2. The summed E-state index contributed by atoms with van der Waals surface area (Å²) >= 11 is 0. The molecule has 0 aliphatic rings. The van der Waals surface area contributed by atoms with Crippen LogP contribution in [0.1, 0.15) is 11.1 Å². The molecule has 0 unspecified atom stereocenters. The van der Waals surface area contributed by atoms with E-state index in [9.17, 15) is 0 Å². The molecule has 0 bridgehead atoms. The fourth-order valence-electron chi connectivity index (χ4n) is 2.49. The molecule has 0 atom stereocenters. The topological polar surface area (TPSA) is 3.24 Å². The maximum Gasteiger partial charge on any atom is 0.0481 e. The van der Waals surface area contributed by atoms with Crippen molar-refractivity contribution in [2.75, 3.05) is 4.90 Å². The van der Waals surface area contributed by atoms with Gasteiger partial charge in [-0.2, -0.15) is 0 Å². The van der Waals surface area contributed by atoms with E-state index in [-0.39, 0.29) is 0 Å². The molecule has 1 heteroatoms. The number of nitrogens with zero attached hydrogens (tertiary/aromatic N) is 1. The van der Waals surface area contributed by atoms with Gasteiger partial charge in [-0.15, -0.1) is 0 Å². The van der Waals surface area contributed by atoms with Gasteiger partial charge >= 0.3 is 0 Å². The molecular formula is C21H19N. The Kier molecular flexibility index (Phi) is 4.35. The molecule has 0 amide bonds. The van der Waals surface area contributed by atoms with E-state index in [4.69, 9.17) is 0 Å². The van der Waals surface area contributed by atoms with E-state index < -0.39 is 0 Å². The second-order valence-electron chi connectivity index (χ2n) is 5.20. The third-order valence-corrected chi connectivity index (χ3v) is 3.69.